The maximum absolute atomic E-state index is 14.3. The zero-order valence-corrected chi connectivity index (χ0v) is 18.7. The molecule has 150 valence electrons. The number of halogens is 2. The number of nitrogens with one attached hydrogen (secondary N) is 1. The Hall–Kier alpha value is -2.18. The first-order chi connectivity index (χ1) is 14.0. The highest BCUT2D eigenvalue weighted by molar-refractivity contribution is 9.10. The molecule has 6 heteroatoms. The molecule has 3 aromatic rings. The Morgan fingerprint density at radius 1 is 1.28 bits per heavy atom. The van der Waals surface area contributed by atoms with Crippen LogP contribution in [0.2, 0.25) is 0 Å². The Morgan fingerprint density at radius 3 is 2.72 bits per heavy atom. The van der Waals surface area contributed by atoms with Crippen LogP contribution in [0.5, 0.6) is 0 Å². The van der Waals surface area contributed by atoms with Gasteiger partial charge in [-0.15, -0.1) is 11.3 Å². The fourth-order valence-electron chi connectivity index (χ4n) is 4.07. The molecule has 0 spiro atoms. The third-order valence-corrected chi connectivity index (χ3v) is 7.15. The Kier molecular flexibility index (Phi) is 5.74. The van der Waals surface area contributed by atoms with E-state index in [9.17, 15) is 9.18 Å². The summed E-state index contributed by atoms with van der Waals surface area (Å²) in [6, 6.07) is 14.3. The van der Waals surface area contributed by atoms with Crippen LogP contribution in [0.25, 0.3) is 0 Å². The molecule has 2 aromatic carbocycles. The molecule has 0 radical (unpaired) electrons. The molecule has 4 rings (SSSR count). The van der Waals surface area contributed by atoms with Gasteiger partial charge in [0.1, 0.15) is 5.82 Å². The lowest BCUT2D eigenvalue weighted by molar-refractivity contribution is 0.195. The molecule has 1 aliphatic rings. The summed E-state index contributed by atoms with van der Waals surface area (Å²) in [5, 5.41) is 2.77. The molecule has 0 saturated carbocycles. The minimum Gasteiger partial charge on any atom is -0.312 e. The number of hydrogen-bond donors (Lipinski definition) is 1. The Balaban J connectivity index is 1.72. The fourth-order valence-corrected chi connectivity index (χ4v) is 5.85. The number of nitrogens with zero attached hydrogens (tertiary/aromatic N) is 1. The van der Waals surface area contributed by atoms with Gasteiger partial charge in [0, 0.05) is 20.8 Å². The van der Waals surface area contributed by atoms with Gasteiger partial charge in [0.2, 0.25) is 0 Å². The van der Waals surface area contributed by atoms with Gasteiger partial charge in [-0.3, -0.25) is 0 Å². The summed E-state index contributed by atoms with van der Waals surface area (Å²) in [6.45, 7) is 4.94. The minimum absolute atomic E-state index is 0.164. The quantitative estimate of drug-likeness (QED) is 0.451. The van der Waals surface area contributed by atoms with Crippen LogP contribution < -0.4 is 5.32 Å². The normalized spacial score (nSPS) is 15.9. The van der Waals surface area contributed by atoms with Crippen molar-refractivity contribution >= 4 is 39.0 Å². The summed E-state index contributed by atoms with van der Waals surface area (Å²) in [7, 11) is 0. The highest BCUT2D eigenvalue weighted by Gasteiger charge is 2.35. The van der Waals surface area contributed by atoms with Crippen molar-refractivity contribution < 1.29 is 9.18 Å². The van der Waals surface area contributed by atoms with Crippen molar-refractivity contribution in [2.45, 2.75) is 32.7 Å². The standard InChI is InChI=1S/C23H22BrFN2OS/c1-3-17-14(2)29-22-18(17)11-12-27(21(22)15-7-5-4-6-8-15)23(28)26-20-10-9-16(24)13-19(20)25/h4-10,13,21H,3,11-12H2,1-2H3,(H,26,28)/t21-/m1/s1. The molecule has 1 N–H and O–H groups in total. The molecule has 2 amide bonds. The van der Waals surface area contributed by atoms with E-state index >= 15 is 0 Å². The van der Waals surface area contributed by atoms with E-state index in [-0.39, 0.29) is 17.8 Å². The molecule has 2 heterocycles. The summed E-state index contributed by atoms with van der Waals surface area (Å²) in [5.41, 5.74) is 4.05. The molecule has 29 heavy (non-hydrogen) atoms. The van der Waals surface area contributed by atoms with Crippen molar-refractivity contribution in [1.82, 2.24) is 4.90 Å². The van der Waals surface area contributed by atoms with Crippen LogP contribution in [0.1, 0.15) is 39.4 Å². The van der Waals surface area contributed by atoms with Crippen LogP contribution >= 0.6 is 27.3 Å². The molecule has 1 atom stereocenters. The smallest absolute Gasteiger partial charge is 0.312 e. The number of benzene rings is 2. The van der Waals surface area contributed by atoms with E-state index in [1.165, 1.54) is 26.9 Å². The SMILES string of the molecule is CCc1c(C)sc2c1CCN(C(=O)Nc1ccc(Br)cc1F)[C@@H]2c1ccccc1. The number of urea groups is 1. The molecule has 0 saturated heterocycles. The van der Waals surface area contributed by atoms with Crippen molar-refractivity contribution in [3.63, 3.8) is 0 Å². The summed E-state index contributed by atoms with van der Waals surface area (Å²) in [5.74, 6) is -0.457. The van der Waals surface area contributed by atoms with Crippen LogP contribution in [0, 0.1) is 12.7 Å². The average molecular weight is 473 g/mol. The summed E-state index contributed by atoms with van der Waals surface area (Å²) < 4.78 is 14.9. The average Bonchev–Trinajstić information content (AvgIpc) is 3.04. The van der Waals surface area contributed by atoms with Crippen LogP contribution in [0.3, 0.4) is 0 Å². The monoisotopic (exact) mass is 472 g/mol. The second-order valence-corrected chi connectivity index (χ2v) is 9.32. The fraction of sp³-hybridized carbons (Fsp3) is 0.261. The molecule has 1 aromatic heterocycles. The number of carbonyl (C=O) groups excluding carboxylic acids is 1. The van der Waals surface area contributed by atoms with Crippen LogP contribution in [0.15, 0.2) is 53.0 Å². The Morgan fingerprint density at radius 2 is 2.03 bits per heavy atom. The first kappa shape index (κ1) is 20.1. The number of thiophene rings is 1. The summed E-state index contributed by atoms with van der Waals surface area (Å²) in [4.78, 5) is 17.6. The van der Waals surface area contributed by atoms with E-state index in [0.717, 1.165) is 18.4 Å². The van der Waals surface area contributed by atoms with Gasteiger partial charge in [-0.25, -0.2) is 9.18 Å². The molecular weight excluding hydrogens is 451 g/mol. The van der Waals surface area contributed by atoms with Crippen LogP contribution in [-0.4, -0.2) is 17.5 Å². The predicted octanol–water partition coefficient (Wildman–Crippen LogP) is 6.70. The van der Waals surface area contributed by atoms with Gasteiger partial charge < -0.3 is 10.2 Å². The lowest BCUT2D eigenvalue weighted by Crippen LogP contribution is -2.42. The van der Waals surface area contributed by atoms with Crippen molar-refractivity contribution in [3.05, 3.63) is 85.3 Å². The van der Waals surface area contributed by atoms with Crippen LogP contribution in [-0.2, 0) is 12.8 Å². The van der Waals surface area contributed by atoms with Crippen molar-refractivity contribution in [3.8, 4) is 0 Å². The van der Waals surface area contributed by atoms with Gasteiger partial charge in [-0.2, -0.15) is 0 Å². The lowest BCUT2D eigenvalue weighted by Gasteiger charge is -2.36. The first-order valence-electron chi connectivity index (χ1n) is 9.68. The predicted molar refractivity (Wildman–Crippen MR) is 120 cm³/mol. The van der Waals surface area contributed by atoms with Gasteiger partial charge >= 0.3 is 6.03 Å². The molecular formula is C23H22BrFN2OS. The zero-order valence-electron chi connectivity index (χ0n) is 16.3. The second-order valence-electron chi connectivity index (χ2n) is 7.14. The third kappa shape index (κ3) is 3.83. The first-order valence-corrected chi connectivity index (χ1v) is 11.3. The minimum atomic E-state index is -0.457. The third-order valence-electron chi connectivity index (χ3n) is 5.41. The lowest BCUT2D eigenvalue weighted by atomic mass is 9.92. The van der Waals surface area contributed by atoms with Crippen molar-refractivity contribution in [1.29, 1.82) is 0 Å². The number of hydrogen-bond acceptors (Lipinski definition) is 2. The van der Waals surface area contributed by atoms with E-state index in [0.29, 0.717) is 11.0 Å². The van der Waals surface area contributed by atoms with Gasteiger partial charge in [0.25, 0.3) is 0 Å². The zero-order chi connectivity index (χ0) is 20.5. The van der Waals surface area contributed by atoms with Gasteiger partial charge in [-0.05, 0) is 54.7 Å². The number of aryl methyl sites for hydroxylation is 1. The number of carbonyl (C=O) groups is 1. The number of amides is 2. The Labute approximate surface area is 182 Å². The van der Waals surface area contributed by atoms with Gasteiger partial charge in [0.05, 0.1) is 11.7 Å². The molecule has 0 unspecified atom stereocenters. The molecule has 1 aliphatic heterocycles. The van der Waals surface area contributed by atoms with Crippen LogP contribution in [0.4, 0.5) is 14.9 Å². The van der Waals surface area contributed by atoms with Gasteiger partial charge in [-0.1, -0.05) is 53.2 Å². The topological polar surface area (TPSA) is 32.3 Å². The maximum atomic E-state index is 14.3. The number of anilines is 1. The van der Waals surface area contributed by atoms with E-state index in [2.05, 4.69) is 47.2 Å². The van der Waals surface area contributed by atoms with Gasteiger partial charge in [0.15, 0.2) is 0 Å². The highest BCUT2D eigenvalue weighted by atomic mass is 79.9. The van der Waals surface area contributed by atoms with Crippen molar-refractivity contribution in [2.75, 3.05) is 11.9 Å². The van der Waals surface area contributed by atoms with E-state index in [1.807, 2.05) is 23.1 Å². The number of fused-ring (bicyclic) bond motifs is 1. The molecule has 0 aliphatic carbocycles. The largest absolute Gasteiger partial charge is 0.322 e. The summed E-state index contributed by atoms with van der Waals surface area (Å²) in [6.07, 6.45) is 1.82. The molecule has 0 fully saturated rings. The maximum Gasteiger partial charge on any atom is 0.322 e. The molecule has 0 bridgehead atoms. The van der Waals surface area contributed by atoms with E-state index in [4.69, 9.17) is 0 Å². The summed E-state index contributed by atoms with van der Waals surface area (Å²) >= 11 is 5.03. The van der Waals surface area contributed by atoms with E-state index < -0.39 is 5.82 Å². The van der Waals surface area contributed by atoms with Crippen molar-refractivity contribution in [2.24, 2.45) is 0 Å². The second kappa shape index (κ2) is 8.28. The van der Waals surface area contributed by atoms with E-state index in [1.54, 1.807) is 23.5 Å². The molecule has 3 nitrogen and oxygen atoms in total. The highest BCUT2D eigenvalue weighted by Crippen LogP contribution is 2.43. The Bertz CT molecular complexity index is 1050. The number of rotatable bonds is 3.